The molecular weight excluding hydrogens is 272 g/mol. The normalized spacial score (nSPS) is 9.47. The molecule has 5 heteroatoms. The summed E-state index contributed by atoms with van der Waals surface area (Å²) in [5, 5.41) is 18.2. The number of hydrogen-bond donors (Lipinski definition) is 2. The molecule has 0 saturated heterocycles. The van der Waals surface area contributed by atoms with Crippen molar-refractivity contribution in [2.45, 2.75) is 0 Å². The van der Waals surface area contributed by atoms with Gasteiger partial charge in [-0.15, -0.1) is 0 Å². The van der Waals surface area contributed by atoms with Gasteiger partial charge in [0, 0.05) is 0 Å². The number of aromatic carboxylic acids is 2. The largest absolute Gasteiger partial charge is 2.00 e. The van der Waals surface area contributed by atoms with E-state index >= 15 is 0 Å². The van der Waals surface area contributed by atoms with E-state index in [2.05, 4.69) is 0 Å². The monoisotopic (exact) mass is 284 g/mol. The SMILES string of the molecule is O=C(O)c1cccc(-c2ccccc2)c1C(=O)O.[Ca+2].[H-].[H-]. The first-order valence-electron chi connectivity index (χ1n) is 5.26. The predicted molar refractivity (Wildman–Crippen MR) is 73.8 cm³/mol. The topological polar surface area (TPSA) is 74.6 Å². The number of carboxylic acids is 2. The first-order valence-corrected chi connectivity index (χ1v) is 5.26. The summed E-state index contributed by atoms with van der Waals surface area (Å²) in [6, 6.07) is 13.3. The van der Waals surface area contributed by atoms with Gasteiger partial charge in [0.05, 0.1) is 11.1 Å². The molecule has 19 heavy (non-hydrogen) atoms. The van der Waals surface area contributed by atoms with Gasteiger partial charge in [-0.2, -0.15) is 0 Å². The quantitative estimate of drug-likeness (QED) is 0.850. The van der Waals surface area contributed by atoms with Crippen molar-refractivity contribution in [3.05, 3.63) is 59.7 Å². The molecule has 0 aliphatic rings. The van der Waals surface area contributed by atoms with Gasteiger partial charge in [0.1, 0.15) is 0 Å². The van der Waals surface area contributed by atoms with Gasteiger partial charge < -0.3 is 13.1 Å². The summed E-state index contributed by atoms with van der Waals surface area (Å²) in [6.07, 6.45) is 0. The molecule has 0 aliphatic heterocycles. The van der Waals surface area contributed by atoms with Crippen LogP contribution < -0.4 is 0 Å². The third kappa shape index (κ3) is 3.35. The maximum Gasteiger partial charge on any atom is 2.00 e. The molecule has 2 aromatic carbocycles. The summed E-state index contributed by atoms with van der Waals surface area (Å²) >= 11 is 0. The standard InChI is InChI=1S/C14H10O4.Ca.2H/c15-13(16)11-8-4-7-10(12(11)14(17)18)9-5-2-1-3-6-9;;;/h1-8H,(H,15,16)(H,17,18);;;/q;+2;2*-1. The van der Waals surface area contributed by atoms with Crippen molar-refractivity contribution in [3.63, 3.8) is 0 Å². The zero-order chi connectivity index (χ0) is 13.1. The van der Waals surface area contributed by atoms with E-state index in [4.69, 9.17) is 5.11 Å². The molecule has 0 unspecified atom stereocenters. The second-order valence-electron chi connectivity index (χ2n) is 3.70. The third-order valence-electron chi connectivity index (χ3n) is 2.59. The fourth-order valence-electron chi connectivity index (χ4n) is 1.82. The first-order chi connectivity index (χ1) is 8.61. The van der Waals surface area contributed by atoms with Crippen LogP contribution >= 0.6 is 0 Å². The van der Waals surface area contributed by atoms with Gasteiger partial charge in [0.25, 0.3) is 0 Å². The first kappa shape index (κ1) is 15.7. The van der Waals surface area contributed by atoms with Crippen molar-refractivity contribution < 1.29 is 22.7 Å². The molecule has 0 fully saturated rings. The summed E-state index contributed by atoms with van der Waals surface area (Å²) < 4.78 is 0. The second kappa shape index (κ2) is 6.70. The summed E-state index contributed by atoms with van der Waals surface area (Å²) in [7, 11) is 0. The minimum absolute atomic E-state index is 0. The van der Waals surface area contributed by atoms with Gasteiger partial charge in [0.2, 0.25) is 0 Å². The fourth-order valence-corrected chi connectivity index (χ4v) is 1.82. The van der Waals surface area contributed by atoms with Gasteiger partial charge in [-0.1, -0.05) is 42.5 Å². The Bertz CT molecular complexity index is 618. The van der Waals surface area contributed by atoms with Gasteiger partial charge in [-0.3, -0.25) is 0 Å². The van der Waals surface area contributed by atoms with Crippen molar-refractivity contribution in [1.82, 2.24) is 0 Å². The molecule has 0 heterocycles. The van der Waals surface area contributed by atoms with Gasteiger partial charge in [0.15, 0.2) is 0 Å². The van der Waals surface area contributed by atoms with E-state index in [1.54, 1.807) is 30.3 Å². The molecule has 0 aliphatic carbocycles. The maximum atomic E-state index is 11.3. The summed E-state index contributed by atoms with van der Waals surface area (Å²) in [6.45, 7) is 0. The Hall–Kier alpha value is -1.36. The molecule has 4 nitrogen and oxygen atoms in total. The molecule has 0 bridgehead atoms. The average molecular weight is 284 g/mol. The fraction of sp³-hybridized carbons (Fsp3) is 0. The third-order valence-corrected chi connectivity index (χ3v) is 2.59. The van der Waals surface area contributed by atoms with E-state index in [1.165, 1.54) is 12.1 Å². The van der Waals surface area contributed by atoms with Crippen LogP contribution in [0.5, 0.6) is 0 Å². The molecule has 2 N–H and O–H groups in total. The van der Waals surface area contributed by atoms with E-state index in [9.17, 15) is 14.7 Å². The van der Waals surface area contributed by atoms with Crippen LogP contribution in [0.15, 0.2) is 48.5 Å². The number of rotatable bonds is 3. The van der Waals surface area contributed by atoms with E-state index in [-0.39, 0.29) is 51.7 Å². The van der Waals surface area contributed by atoms with Crippen LogP contribution in [0.1, 0.15) is 23.6 Å². The predicted octanol–water partition coefficient (Wildman–Crippen LogP) is 2.59. The van der Waals surface area contributed by atoms with Gasteiger partial charge >= 0.3 is 49.7 Å². The Morgan fingerprint density at radius 1 is 0.842 bits per heavy atom. The average Bonchev–Trinajstić information content (AvgIpc) is 2.38. The zero-order valence-corrected chi connectivity index (χ0v) is 12.2. The van der Waals surface area contributed by atoms with Crippen LogP contribution in [0.3, 0.4) is 0 Å². The molecule has 2 rings (SSSR count). The summed E-state index contributed by atoms with van der Waals surface area (Å²) in [4.78, 5) is 22.3. The van der Waals surface area contributed by atoms with Crippen molar-refractivity contribution in [2.24, 2.45) is 0 Å². The van der Waals surface area contributed by atoms with Gasteiger partial charge in [-0.05, 0) is 17.2 Å². The summed E-state index contributed by atoms with van der Waals surface area (Å²) in [5.74, 6) is -2.49. The molecule has 0 amide bonds. The van der Waals surface area contributed by atoms with E-state index < -0.39 is 11.9 Å². The maximum absolute atomic E-state index is 11.3. The molecule has 0 atom stereocenters. The van der Waals surface area contributed by atoms with Crippen molar-refractivity contribution >= 4 is 49.7 Å². The van der Waals surface area contributed by atoms with Crippen LogP contribution in [0.2, 0.25) is 0 Å². The number of carboxylic acid groups (broad SMARTS) is 2. The van der Waals surface area contributed by atoms with Crippen LogP contribution in [-0.2, 0) is 0 Å². The Morgan fingerprint density at radius 2 is 1.47 bits per heavy atom. The summed E-state index contributed by atoms with van der Waals surface area (Å²) in [5.41, 5.74) is 0.695. The number of benzene rings is 2. The second-order valence-corrected chi connectivity index (χ2v) is 3.70. The van der Waals surface area contributed by atoms with Crippen molar-refractivity contribution in [3.8, 4) is 11.1 Å². The smallest absolute Gasteiger partial charge is 1.00 e. The Morgan fingerprint density at radius 3 is 2.00 bits per heavy atom. The van der Waals surface area contributed by atoms with Crippen LogP contribution in [0.4, 0.5) is 0 Å². The molecule has 2 aromatic rings. The van der Waals surface area contributed by atoms with Crippen molar-refractivity contribution in [2.75, 3.05) is 0 Å². The van der Waals surface area contributed by atoms with Crippen LogP contribution in [0.25, 0.3) is 11.1 Å². The minimum Gasteiger partial charge on any atom is -1.00 e. The van der Waals surface area contributed by atoms with E-state index in [1.807, 2.05) is 6.07 Å². The zero-order valence-electron chi connectivity index (χ0n) is 12.0. The van der Waals surface area contributed by atoms with E-state index in [0.29, 0.717) is 11.1 Å². The van der Waals surface area contributed by atoms with Crippen LogP contribution in [0, 0.1) is 0 Å². The van der Waals surface area contributed by atoms with Crippen LogP contribution in [-0.4, -0.2) is 59.9 Å². The number of carbonyl (C=O) groups is 2. The van der Waals surface area contributed by atoms with Crippen molar-refractivity contribution in [1.29, 1.82) is 0 Å². The molecule has 0 radical (unpaired) electrons. The Balaban J connectivity index is 0. The van der Waals surface area contributed by atoms with E-state index in [0.717, 1.165) is 0 Å². The minimum atomic E-state index is -1.25. The molecule has 0 spiro atoms. The van der Waals surface area contributed by atoms with Gasteiger partial charge in [-0.25, -0.2) is 9.59 Å². The molecule has 0 aromatic heterocycles. The molecular formula is C14H12CaO4. The molecule has 94 valence electrons. The molecule has 0 saturated carbocycles. The Labute approximate surface area is 142 Å². The number of hydrogen-bond acceptors (Lipinski definition) is 2. The Kier molecular flexibility index (Phi) is 5.54.